The summed E-state index contributed by atoms with van der Waals surface area (Å²) in [5.41, 5.74) is 6.17. The number of nitriles is 1. The first-order valence-corrected chi connectivity index (χ1v) is 8.61. The number of allylic oxidation sites excluding steroid dienone is 1. The summed E-state index contributed by atoms with van der Waals surface area (Å²) in [6.45, 7) is 0. The molecule has 0 atom stereocenters. The number of nitrogens with zero attached hydrogens (tertiary/aromatic N) is 1. The molecule has 0 unspecified atom stereocenters. The molecule has 0 heterocycles. The van der Waals surface area contributed by atoms with E-state index in [9.17, 15) is 0 Å². The van der Waals surface area contributed by atoms with Crippen LogP contribution in [0.2, 0.25) is 0 Å². The van der Waals surface area contributed by atoms with Gasteiger partial charge in [0.1, 0.15) is 0 Å². The Labute approximate surface area is 143 Å². The van der Waals surface area contributed by atoms with Gasteiger partial charge in [0.05, 0.1) is 11.6 Å². The Morgan fingerprint density at radius 1 is 0.870 bits per heavy atom. The molecule has 0 N–H and O–H groups in total. The molecule has 1 aliphatic rings. The molecule has 2 heteroatoms. The van der Waals surface area contributed by atoms with Gasteiger partial charge in [-0.05, 0) is 66.3 Å². The minimum atomic E-state index is 0.654. The van der Waals surface area contributed by atoms with E-state index in [-0.39, 0.29) is 0 Å². The third kappa shape index (κ3) is 3.84. The zero-order valence-corrected chi connectivity index (χ0v) is 13.8. The third-order valence-corrected chi connectivity index (χ3v) is 4.99. The van der Waals surface area contributed by atoms with Gasteiger partial charge in [0.25, 0.3) is 0 Å². The fourth-order valence-corrected chi connectivity index (χ4v) is 3.64. The van der Waals surface area contributed by atoms with Crippen molar-refractivity contribution in [1.82, 2.24) is 0 Å². The zero-order valence-electron chi connectivity index (χ0n) is 13.1. The second-order valence-corrected chi connectivity index (χ2v) is 6.49. The number of rotatable bonds is 3. The van der Waals surface area contributed by atoms with Crippen molar-refractivity contribution in [2.75, 3.05) is 0 Å². The van der Waals surface area contributed by atoms with Crippen LogP contribution in [-0.4, -0.2) is 0 Å². The van der Waals surface area contributed by atoms with Gasteiger partial charge in [-0.15, -0.1) is 0 Å². The molecule has 23 heavy (non-hydrogen) atoms. The van der Waals surface area contributed by atoms with Gasteiger partial charge in [0.2, 0.25) is 0 Å². The maximum Gasteiger partial charge on any atom is 0.0991 e. The van der Waals surface area contributed by atoms with Crippen LogP contribution in [0.3, 0.4) is 0 Å². The number of hydrogen-bond acceptors (Lipinski definition) is 1. The first kappa shape index (κ1) is 15.8. The summed E-state index contributed by atoms with van der Waals surface area (Å²) in [5.74, 6) is 1.33. The smallest absolute Gasteiger partial charge is 0.0991 e. The molecule has 0 aromatic heterocycles. The van der Waals surface area contributed by atoms with Gasteiger partial charge in [0.15, 0.2) is 0 Å². The highest BCUT2D eigenvalue weighted by molar-refractivity contribution is 6.25. The second kappa shape index (κ2) is 7.49. The van der Waals surface area contributed by atoms with Crippen molar-refractivity contribution in [3.8, 4) is 17.2 Å². The molecule has 2 aromatic rings. The average Bonchev–Trinajstić information content (AvgIpc) is 2.63. The molecule has 116 valence electrons. The Balaban J connectivity index is 1.69. The molecule has 1 nitrogen and oxygen atoms in total. The molecule has 0 aliphatic heterocycles. The van der Waals surface area contributed by atoms with Gasteiger partial charge >= 0.3 is 0 Å². The number of hydrogen-bond donors (Lipinski definition) is 0. The van der Waals surface area contributed by atoms with Crippen LogP contribution in [0.4, 0.5) is 0 Å². The van der Waals surface area contributed by atoms with E-state index < -0.39 is 0 Å². The largest absolute Gasteiger partial charge is 0.192 e. The molecule has 0 bridgehead atoms. The molecule has 0 saturated heterocycles. The predicted octanol–water partition coefficient (Wildman–Crippen LogP) is 6.25. The SMILES string of the molecule is N#Cc1ccc(-c2ccc([C@H]3CC[C@H](/C=C/Cl)CC3)cc2)cc1. The van der Waals surface area contributed by atoms with Crippen molar-refractivity contribution >= 4 is 11.6 Å². The monoisotopic (exact) mass is 321 g/mol. The fourth-order valence-electron chi connectivity index (χ4n) is 3.43. The summed E-state index contributed by atoms with van der Waals surface area (Å²) in [5, 5.41) is 8.87. The first-order chi connectivity index (χ1) is 11.3. The van der Waals surface area contributed by atoms with Crippen LogP contribution in [0.15, 0.2) is 60.1 Å². The molecule has 0 amide bonds. The highest BCUT2D eigenvalue weighted by Gasteiger charge is 2.20. The summed E-state index contributed by atoms with van der Waals surface area (Å²) in [4.78, 5) is 0. The Bertz CT molecular complexity index is 699. The lowest BCUT2D eigenvalue weighted by atomic mass is 9.78. The molecule has 2 aromatic carbocycles. The summed E-state index contributed by atoms with van der Waals surface area (Å²) >= 11 is 5.68. The van der Waals surface area contributed by atoms with Crippen LogP contribution in [0.5, 0.6) is 0 Å². The molecular weight excluding hydrogens is 302 g/mol. The number of benzene rings is 2. The van der Waals surface area contributed by atoms with Crippen molar-refractivity contribution in [3.05, 3.63) is 71.3 Å². The van der Waals surface area contributed by atoms with E-state index in [0.717, 1.165) is 5.56 Å². The first-order valence-electron chi connectivity index (χ1n) is 8.17. The van der Waals surface area contributed by atoms with E-state index in [1.807, 2.05) is 24.3 Å². The Kier molecular flexibility index (Phi) is 5.16. The van der Waals surface area contributed by atoms with E-state index in [4.69, 9.17) is 16.9 Å². The maximum atomic E-state index is 8.87. The molecular formula is C21H20ClN. The van der Waals surface area contributed by atoms with Crippen LogP contribution in [0.25, 0.3) is 11.1 Å². The van der Waals surface area contributed by atoms with Crippen LogP contribution in [0, 0.1) is 17.2 Å². The van der Waals surface area contributed by atoms with Crippen molar-refractivity contribution in [2.45, 2.75) is 31.6 Å². The van der Waals surface area contributed by atoms with Gasteiger partial charge < -0.3 is 0 Å². The average molecular weight is 322 g/mol. The summed E-state index contributed by atoms with van der Waals surface area (Å²) in [6.07, 6.45) is 7.06. The Morgan fingerprint density at radius 2 is 1.43 bits per heavy atom. The Morgan fingerprint density at radius 3 is 1.96 bits per heavy atom. The molecule has 1 aliphatic carbocycles. The fraction of sp³-hybridized carbons (Fsp3) is 0.286. The third-order valence-electron chi connectivity index (χ3n) is 4.85. The molecule has 1 fully saturated rings. The molecule has 0 radical (unpaired) electrons. The molecule has 3 rings (SSSR count). The second-order valence-electron chi connectivity index (χ2n) is 6.24. The van der Waals surface area contributed by atoms with Crippen LogP contribution in [0.1, 0.15) is 42.7 Å². The Hall–Kier alpha value is -2.04. The van der Waals surface area contributed by atoms with Gasteiger partial charge in [-0.2, -0.15) is 5.26 Å². The lowest BCUT2D eigenvalue weighted by Gasteiger charge is -2.27. The quantitative estimate of drug-likeness (QED) is 0.655. The number of halogens is 1. The highest BCUT2D eigenvalue weighted by atomic mass is 35.5. The normalized spacial score (nSPS) is 21.2. The summed E-state index contributed by atoms with van der Waals surface area (Å²) < 4.78 is 0. The van der Waals surface area contributed by atoms with E-state index in [1.165, 1.54) is 36.8 Å². The summed E-state index contributed by atoms with van der Waals surface area (Å²) in [6, 6.07) is 18.8. The topological polar surface area (TPSA) is 23.8 Å². The van der Waals surface area contributed by atoms with Gasteiger partial charge in [-0.25, -0.2) is 0 Å². The van der Waals surface area contributed by atoms with Crippen LogP contribution in [-0.2, 0) is 0 Å². The van der Waals surface area contributed by atoms with Crippen molar-refractivity contribution in [3.63, 3.8) is 0 Å². The standard InChI is InChI=1S/C21H20ClN/c22-14-13-16-1-5-18(6-2-16)20-9-11-21(12-10-20)19-7-3-17(15-23)4-8-19/h3-4,7-14,16,18H,1-2,5-6H2/b14-13+/t16-,18-. The van der Waals surface area contributed by atoms with Crippen LogP contribution >= 0.6 is 11.6 Å². The lowest BCUT2D eigenvalue weighted by Crippen LogP contribution is -2.11. The van der Waals surface area contributed by atoms with Crippen LogP contribution < -0.4 is 0 Å². The van der Waals surface area contributed by atoms with E-state index >= 15 is 0 Å². The summed E-state index contributed by atoms with van der Waals surface area (Å²) in [7, 11) is 0. The van der Waals surface area contributed by atoms with Crippen molar-refractivity contribution in [2.24, 2.45) is 5.92 Å². The predicted molar refractivity (Wildman–Crippen MR) is 96.3 cm³/mol. The minimum absolute atomic E-state index is 0.654. The van der Waals surface area contributed by atoms with Crippen molar-refractivity contribution < 1.29 is 0 Å². The van der Waals surface area contributed by atoms with E-state index in [0.29, 0.717) is 17.4 Å². The molecule has 1 saturated carbocycles. The van der Waals surface area contributed by atoms with Gasteiger partial charge in [-0.1, -0.05) is 54.1 Å². The van der Waals surface area contributed by atoms with E-state index in [2.05, 4.69) is 36.4 Å². The van der Waals surface area contributed by atoms with Gasteiger partial charge in [0, 0.05) is 5.54 Å². The van der Waals surface area contributed by atoms with Crippen molar-refractivity contribution in [1.29, 1.82) is 5.26 Å². The molecule has 0 spiro atoms. The lowest BCUT2D eigenvalue weighted by molar-refractivity contribution is 0.376. The van der Waals surface area contributed by atoms with E-state index in [1.54, 1.807) is 5.54 Å². The maximum absolute atomic E-state index is 8.87. The van der Waals surface area contributed by atoms with Gasteiger partial charge in [-0.3, -0.25) is 0 Å². The highest BCUT2D eigenvalue weighted by Crippen LogP contribution is 2.37. The minimum Gasteiger partial charge on any atom is -0.192 e. The zero-order chi connectivity index (χ0) is 16.1.